The number of pyridine rings is 1. The third-order valence-electron chi connectivity index (χ3n) is 5.72. The van der Waals surface area contributed by atoms with Gasteiger partial charge in [0.2, 0.25) is 5.95 Å². The van der Waals surface area contributed by atoms with E-state index < -0.39 is 0 Å². The van der Waals surface area contributed by atoms with Crippen molar-refractivity contribution in [3.05, 3.63) is 52.7 Å². The molecular weight excluding hydrogens is 394 g/mol. The van der Waals surface area contributed by atoms with E-state index >= 15 is 0 Å². The molecule has 3 aromatic heterocycles. The van der Waals surface area contributed by atoms with Gasteiger partial charge in [0.15, 0.2) is 5.82 Å². The van der Waals surface area contributed by atoms with Crippen LogP contribution < -0.4 is 10.9 Å². The van der Waals surface area contributed by atoms with Crippen molar-refractivity contribution in [2.75, 3.05) is 18.5 Å². The standard InChI is InChI=1S/C22H23N7O2/c1-13-3-4-14(19-24-12-25-28-19)9-17(13)18-10-15-11-23-22(26-16-5-7-31-8-6-16)27-20(15)29(2)21(18)30/h3-4,9-12,16H,5-8H2,1-2H3,(H,23,26,27)(H,24,25,28). The van der Waals surface area contributed by atoms with Gasteiger partial charge in [-0.3, -0.25) is 14.5 Å². The van der Waals surface area contributed by atoms with E-state index in [9.17, 15) is 4.79 Å². The number of hydrogen-bond donors (Lipinski definition) is 2. The van der Waals surface area contributed by atoms with Crippen LogP contribution in [0.2, 0.25) is 0 Å². The number of aromatic amines is 1. The normalized spacial score (nSPS) is 14.8. The molecule has 4 aromatic rings. The van der Waals surface area contributed by atoms with Crippen molar-refractivity contribution in [2.45, 2.75) is 25.8 Å². The van der Waals surface area contributed by atoms with Gasteiger partial charge in [-0.25, -0.2) is 9.97 Å². The van der Waals surface area contributed by atoms with Crippen LogP contribution in [-0.2, 0) is 11.8 Å². The second-order valence-corrected chi connectivity index (χ2v) is 7.79. The summed E-state index contributed by atoms with van der Waals surface area (Å²) < 4.78 is 6.99. The van der Waals surface area contributed by atoms with Gasteiger partial charge in [0.25, 0.3) is 5.56 Å². The lowest BCUT2D eigenvalue weighted by Crippen LogP contribution is -2.29. The third-order valence-corrected chi connectivity index (χ3v) is 5.72. The van der Waals surface area contributed by atoms with Gasteiger partial charge in [-0.2, -0.15) is 10.1 Å². The Morgan fingerprint density at radius 1 is 1.16 bits per heavy atom. The minimum atomic E-state index is -0.110. The molecule has 0 aliphatic carbocycles. The number of ether oxygens (including phenoxy) is 1. The number of nitrogens with one attached hydrogen (secondary N) is 2. The molecule has 0 bridgehead atoms. The zero-order chi connectivity index (χ0) is 21.4. The number of H-pyrrole nitrogens is 1. The smallest absolute Gasteiger partial charge is 0.259 e. The summed E-state index contributed by atoms with van der Waals surface area (Å²) in [5.74, 6) is 1.19. The summed E-state index contributed by atoms with van der Waals surface area (Å²) in [6, 6.07) is 8.04. The van der Waals surface area contributed by atoms with E-state index in [4.69, 9.17) is 4.74 Å². The Bertz CT molecular complexity index is 1290. The van der Waals surface area contributed by atoms with Gasteiger partial charge in [0, 0.05) is 49.0 Å². The average molecular weight is 417 g/mol. The molecule has 0 amide bonds. The summed E-state index contributed by atoms with van der Waals surface area (Å²) in [4.78, 5) is 26.6. The summed E-state index contributed by atoms with van der Waals surface area (Å²) in [6.45, 7) is 3.46. The minimum absolute atomic E-state index is 0.110. The molecule has 31 heavy (non-hydrogen) atoms. The Labute approximate surface area is 178 Å². The highest BCUT2D eigenvalue weighted by Crippen LogP contribution is 2.27. The summed E-state index contributed by atoms with van der Waals surface area (Å²) in [7, 11) is 1.75. The number of aromatic nitrogens is 6. The molecule has 0 radical (unpaired) electrons. The van der Waals surface area contributed by atoms with Crippen molar-refractivity contribution in [1.29, 1.82) is 0 Å². The lowest BCUT2D eigenvalue weighted by atomic mass is 9.98. The summed E-state index contributed by atoms with van der Waals surface area (Å²) in [5, 5.41) is 11.0. The van der Waals surface area contributed by atoms with E-state index in [0.29, 0.717) is 23.0 Å². The van der Waals surface area contributed by atoms with Crippen molar-refractivity contribution in [3.8, 4) is 22.5 Å². The molecule has 158 valence electrons. The van der Waals surface area contributed by atoms with E-state index in [1.165, 1.54) is 6.33 Å². The zero-order valence-corrected chi connectivity index (χ0v) is 17.4. The molecule has 1 fully saturated rings. The fourth-order valence-electron chi connectivity index (χ4n) is 3.94. The summed E-state index contributed by atoms with van der Waals surface area (Å²) >= 11 is 0. The van der Waals surface area contributed by atoms with Crippen LogP contribution >= 0.6 is 0 Å². The highest BCUT2D eigenvalue weighted by atomic mass is 16.5. The molecule has 0 atom stereocenters. The number of nitrogens with zero attached hydrogens (tertiary/aromatic N) is 5. The van der Waals surface area contributed by atoms with Gasteiger partial charge >= 0.3 is 0 Å². The monoisotopic (exact) mass is 417 g/mol. The molecule has 4 heterocycles. The first-order valence-corrected chi connectivity index (χ1v) is 10.3. The lowest BCUT2D eigenvalue weighted by molar-refractivity contribution is 0.0903. The molecule has 9 nitrogen and oxygen atoms in total. The molecule has 1 aromatic carbocycles. The van der Waals surface area contributed by atoms with Gasteiger partial charge in [-0.1, -0.05) is 12.1 Å². The molecule has 1 saturated heterocycles. The number of benzene rings is 1. The highest BCUT2D eigenvalue weighted by molar-refractivity contribution is 5.83. The molecule has 0 unspecified atom stereocenters. The largest absolute Gasteiger partial charge is 0.381 e. The number of aryl methyl sites for hydroxylation is 2. The van der Waals surface area contributed by atoms with Crippen molar-refractivity contribution in [2.24, 2.45) is 7.05 Å². The van der Waals surface area contributed by atoms with Crippen LogP contribution in [0.15, 0.2) is 41.6 Å². The van der Waals surface area contributed by atoms with Crippen LogP contribution in [0.25, 0.3) is 33.5 Å². The molecule has 2 N–H and O–H groups in total. The molecule has 0 spiro atoms. The van der Waals surface area contributed by atoms with Crippen LogP contribution in [-0.4, -0.2) is 49.0 Å². The topological polar surface area (TPSA) is 111 Å². The van der Waals surface area contributed by atoms with E-state index in [1.54, 1.807) is 17.8 Å². The van der Waals surface area contributed by atoms with Crippen LogP contribution in [0.4, 0.5) is 5.95 Å². The SMILES string of the molecule is Cc1ccc(-c2ncn[nH]2)cc1-c1cc2cnc(NC3CCOCC3)nc2n(C)c1=O. The summed E-state index contributed by atoms with van der Waals surface area (Å²) in [6.07, 6.45) is 5.07. The van der Waals surface area contributed by atoms with Crippen LogP contribution in [0.3, 0.4) is 0 Å². The van der Waals surface area contributed by atoms with Gasteiger partial charge in [0.1, 0.15) is 12.0 Å². The van der Waals surface area contributed by atoms with Crippen LogP contribution in [0.1, 0.15) is 18.4 Å². The Hall–Kier alpha value is -3.59. The van der Waals surface area contributed by atoms with E-state index in [1.807, 2.05) is 31.2 Å². The zero-order valence-electron chi connectivity index (χ0n) is 17.4. The van der Waals surface area contributed by atoms with E-state index in [0.717, 1.165) is 48.1 Å². The highest BCUT2D eigenvalue weighted by Gasteiger charge is 2.17. The van der Waals surface area contributed by atoms with Gasteiger partial charge in [-0.05, 0) is 43.0 Å². The van der Waals surface area contributed by atoms with Gasteiger partial charge < -0.3 is 10.1 Å². The predicted molar refractivity (Wildman–Crippen MR) is 118 cm³/mol. The molecule has 9 heteroatoms. The predicted octanol–water partition coefficient (Wildman–Crippen LogP) is 2.68. The first-order valence-electron chi connectivity index (χ1n) is 10.3. The Kier molecular flexibility index (Phi) is 4.95. The minimum Gasteiger partial charge on any atom is -0.381 e. The average Bonchev–Trinajstić information content (AvgIpc) is 3.33. The Morgan fingerprint density at radius 3 is 2.77 bits per heavy atom. The fraction of sp³-hybridized carbons (Fsp3) is 0.318. The molecule has 0 saturated carbocycles. The quantitative estimate of drug-likeness (QED) is 0.525. The van der Waals surface area contributed by atoms with E-state index in [2.05, 4.69) is 30.5 Å². The lowest BCUT2D eigenvalue weighted by Gasteiger charge is -2.23. The van der Waals surface area contributed by atoms with Crippen molar-refractivity contribution < 1.29 is 4.74 Å². The number of anilines is 1. The Morgan fingerprint density at radius 2 is 2.00 bits per heavy atom. The molecule has 5 rings (SSSR count). The first-order chi connectivity index (χ1) is 15.1. The second-order valence-electron chi connectivity index (χ2n) is 7.79. The van der Waals surface area contributed by atoms with Crippen LogP contribution in [0.5, 0.6) is 0 Å². The van der Waals surface area contributed by atoms with Crippen molar-refractivity contribution in [1.82, 2.24) is 29.7 Å². The van der Waals surface area contributed by atoms with E-state index in [-0.39, 0.29) is 11.6 Å². The molecular formula is C22H23N7O2. The number of rotatable bonds is 4. The van der Waals surface area contributed by atoms with Crippen molar-refractivity contribution >= 4 is 17.0 Å². The fourth-order valence-corrected chi connectivity index (χ4v) is 3.94. The molecule has 1 aliphatic heterocycles. The van der Waals surface area contributed by atoms with Crippen LogP contribution in [0, 0.1) is 6.92 Å². The van der Waals surface area contributed by atoms with Gasteiger partial charge in [-0.15, -0.1) is 0 Å². The number of hydrogen-bond acceptors (Lipinski definition) is 7. The first kappa shape index (κ1) is 19.4. The van der Waals surface area contributed by atoms with Crippen molar-refractivity contribution in [3.63, 3.8) is 0 Å². The van der Waals surface area contributed by atoms with Gasteiger partial charge in [0.05, 0.1) is 0 Å². The summed E-state index contributed by atoms with van der Waals surface area (Å²) in [5.41, 5.74) is 3.80. The maximum atomic E-state index is 13.3. The maximum Gasteiger partial charge on any atom is 0.259 e. The third kappa shape index (κ3) is 3.68. The Balaban J connectivity index is 1.56. The number of fused-ring (bicyclic) bond motifs is 1. The maximum absolute atomic E-state index is 13.3. The molecule has 1 aliphatic rings. The second kappa shape index (κ2) is 7.92.